The number of hydrogen-bond donors (Lipinski definition) is 1. The van der Waals surface area contributed by atoms with Gasteiger partial charge in [-0.1, -0.05) is 0 Å². The second-order valence-corrected chi connectivity index (χ2v) is 3.54. The summed E-state index contributed by atoms with van der Waals surface area (Å²) >= 11 is 5.07. The van der Waals surface area contributed by atoms with Gasteiger partial charge in [0.05, 0.1) is 0 Å². The zero-order valence-electron chi connectivity index (χ0n) is 8.97. The van der Waals surface area contributed by atoms with Crippen LogP contribution in [0.3, 0.4) is 0 Å². The SMILES string of the molecule is NCc1c(C(F)F)cnc(OC(F)(F)F)c1C(=O)Cl. The number of pyridine rings is 1. The van der Waals surface area contributed by atoms with Gasteiger partial charge in [-0.15, -0.1) is 13.2 Å². The van der Waals surface area contributed by atoms with Gasteiger partial charge in [0.1, 0.15) is 5.56 Å². The van der Waals surface area contributed by atoms with E-state index in [2.05, 4.69) is 9.72 Å². The lowest BCUT2D eigenvalue weighted by Gasteiger charge is -2.15. The summed E-state index contributed by atoms with van der Waals surface area (Å²) in [6, 6.07) is 0. The van der Waals surface area contributed by atoms with E-state index in [1.807, 2.05) is 0 Å². The summed E-state index contributed by atoms with van der Waals surface area (Å²) in [6.45, 7) is -0.621. The Labute approximate surface area is 108 Å². The highest BCUT2D eigenvalue weighted by atomic mass is 35.5. The van der Waals surface area contributed by atoms with Crippen LogP contribution in [0.5, 0.6) is 5.88 Å². The predicted octanol–water partition coefficient (Wildman–Crippen LogP) is 2.76. The van der Waals surface area contributed by atoms with Crippen molar-refractivity contribution in [3.63, 3.8) is 0 Å². The van der Waals surface area contributed by atoms with Gasteiger partial charge in [-0.05, 0) is 17.2 Å². The fourth-order valence-corrected chi connectivity index (χ4v) is 1.54. The van der Waals surface area contributed by atoms with Crippen LogP contribution in [0.25, 0.3) is 0 Å². The molecule has 0 aromatic carbocycles. The molecule has 0 fully saturated rings. The Hall–Kier alpha value is -1.48. The van der Waals surface area contributed by atoms with Crippen molar-refractivity contribution in [2.75, 3.05) is 0 Å². The molecular weight excluding hydrogens is 299 g/mol. The second kappa shape index (κ2) is 5.66. The second-order valence-electron chi connectivity index (χ2n) is 3.20. The summed E-state index contributed by atoms with van der Waals surface area (Å²) in [6.07, 6.45) is -7.76. The van der Waals surface area contributed by atoms with Crippen LogP contribution in [0.15, 0.2) is 6.20 Å². The maximum absolute atomic E-state index is 12.6. The predicted molar refractivity (Wildman–Crippen MR) is 54.0 cm³/mol. The molecule has 0 unspecified atom stereocenters. The molecule has 0 spiro atoms. The third-order valence-corrected chi connectivity index (χ3v) is 2.22. The average molecular weight is 305 g/mol. The molecule has 1 aromatic rings. The van der Waals surface area contributed by atoms with E-state index < -0.39 is 47.1 Å². The Morgan fingerprint density at radius 3 is 2.42 bits per heavy atom. The first kappa shape index (κ1) is 15.6. The Kier molecular flexibility index (Phi) is 4.64. The van der Waals surface area contributed by atoms with Crippen molar-refractivity contribution >= 4 is 16.8 Å². The highest BCUT2D eigenvalue weighted by Crippen LogP contribution is 2.33. The number of ether oxygens (including phenoxy) is 1. The zero-order valence-corrected chi connectivity index (χ0v) is 9.73. The fourth-order valence-electron chi connectivity index (χ4n) is 1.34. The number of rotatable bonds is 4. The van der Waals surface area contributed by atoms with Crippen LogP contribution in [0.4, 0.5) is 22.0 Å². The van der Waals surface area contributed by atoms with Crippen LogP contribution in [-0.2, 0) is 6.54 Å². The Morgan fingerprint density at radius 1 is 1.47 bits per heavy atom. The first-order chi connectivity index (χ1) is 8.67. The molecule has 0 aliphatic rings. The van der Waals surface area contributed by atoms with E-state index in [9.17, 15) is 26.7 Å². The first-order valence-electron chi connectivity index (χ1n) is 4.63. The topological polar surface area (TPSA) is 65.2 Å². The summed E-state index contributed by atoms with van der Waals surface area (Å²) in [5, 5.41) is -1.42. The summed E-state index contributed by atoms with van der Waals surface area (Å²) in [5.74, 6) is -1.21. The number of alkyl halides is 5. The maximum atomic E-state index is 12.6. The van der Waals surface area contributed by atoms with Crippen molar-refractivity contribution in [1.82, 2.24) is 4.98 Å². The van der Waals surface area contributed by atoms with E-state index in [1.165, 1.54) is 0 Å². The highest BCUT2D eigenvalue weighted by molar-refractivity contribution is 6.68. The summed E-state index contributed by atoms with van der Waals surface area (Å²) in [5.41, 5.74) is 2.92. The first-order valence-corrected chi connectivity index (χ1v) is 5.00. The van der Waals surface area contributed by atoms with Crippen LogP contribution < -0.4 is 10.5 Å². The van der Waals surface area contributed by atoms with Crippen molar-refractivity contribution in [3.8, 4) is 5.88 Å². The molecule has 0 saturated carbocycles. The molecule has 4 nitrogen and oxygen atoms in total. The lowest BCUT2D eigenvalue weighted by atomic mass is 10.0. The van der Waals surface area contributed by atoms with Gasteiger partial charge < -0.3 is 10.5 Å². The molecule has 0 amide bonds. The van der Waals surface area contributed by atoms with E-state index in [-0.39, 0.29) is 0 Å². The Morgan fingerprint density at radius 2 is 2.05 bits per heavy atom. The van der Waals surface area contributed by atoms with E-state index in [0.29, 0.717) is 6.20 Å². The third kappa shape index (κ3) is 3.74. The molecule has 1 rings (SSSR count). The number of aromatic nitrogens is 1. The van der Waals surface area contributed by atoms with Gasteiger partial charge in [0.15, 0.2) is 0 Å². The zero-order chi connectivity index (χ0) is 14.8. The molecule has 10 heteroatoms. The molecule has 106 valence electrons. The van der Waals surface area contributed by atoms with Crippen LogP contribution >= 0.6 is 11.6 Å². The fraction of sp³-hybridized carbons (Fsp3) is 0.333. The minimum atomic E-state index is -5.15. The molecule has 0 bridgehead atoms. The Balaban J connectivity index is 3.46. The monoisotopic (exact) mass is 304 g/mol. The van der Waals surface area contributed by atoms with Gasteiger partial charge in [-0.25, -0.2) is 13.8 Å². The molecule has 2 N–H and O–H groups in total. The lowest BCUT2D eigenvalue weighted by molar-refractivity contribution is -0.276. The van der Waals surface area contributed by atoms with Crippen molar-refractivity contribution in [1.29, 1.82) is 0 Å². The summed E-state index contributed by atoms with van der Waals surface area (Å²) in [7, 11) is 0. The van der Waals surface area contributed by atoms with Gasteiger partial charge in [-0.3, -0.25) is 4.79 Å². The van der Waals surface area contributed by atoms with Gasteiger partial charge in [0, 0.05) is 18.3 Å². The van der Waals surface area contributed by atoms with Crippen molar-refractivity contribution in [3.05, 3.63) is 22.9 Å². The smallest absolute Gasteiger partial charge is 0.387 e. The van der Waals surface area contributed by atoms with Crippen LogP contribution in [0.1, 0.15) is 27.9 Å². The van der Waals surface area contributed by atoms with E-state index in [1.54, 1.807) is 0 Å². The number of halogens is 6. The van der Waals surface area contributed by atoms with E-state index in [4.69, 9.17) is 17.3 Å². The summed E-state index contributed by atoms with van der Waals surface area (Å²) < 4.78 is 64.9. The quantitative estimate of drug-likeness (QED) is 0.686. The van der Waals surface area contributed by atoms with Crippen molar-refractivity contribution in [2.45, 2.75) is 19.3 Å². The van der Waals surface area contributed by atoms with Crippen molar-refractivity contribution in [2.24, 2.45) is 5.73 Å². The molecule has 1 aromatic heterocycles. The average Bonchev–Trinajstić information content (AvgIpc) is 2.25. The molecule has 0 aliphatic carbocycles. The largest absolute Gasteiger partial charge is 0.574 e. The molecule has 19 heavy (non-hydrogen) atoms. The number of nitrogens with two attached hydrogens (primary N) is 1. The molecule has 0 atom stereocenters. The van der Waals surface area contributed by atoms with Crippen LogP contribution in [0, 0.1) is 0 Å². The minimum absolute atomic E-state index is 0.456. The minimum Gasteiger partial charge on any atom is -0.387 e. The number of hydrogen-bond acceptors (Lipinski definition) is 4. The van der Waals surface area contributed by atoms with Crippen molar-refractivity contribution < 1.29 is 31.5 Å². The molecule has 0 saturated heterocycles. The van der Waals surface area contributed by atoms with E-state index >= 15 is 0 Å². The van der Waals surface area contributed by atoms with Gasteiger partial charge in [-0.2, -0.15) is 0 Å². The normalized spacial score (nSPS) is 11.8. The third-order valence-electron chi connectivity index (χ3n) is 2.03. The molecule has 0 aliphatic heterocycles. The van der Waals surface area contributed by atoms with Crippen LogP contribution in [-0.4, -0.2) is 16.6 Å². The number of carbonyl (C=O) groups excluding carboxylic acids is 1. The van der Waals surface area contributed by atoms with Gasteiger partial charge >= 0.3 is 6.36 Å². The van der Waals surface area contributed by atoms with Gasteiger partial charge in [0.25, 0.3) is 11.7 Å². The maximum Gasteiger partial charge on any atom is 0.574 e. The standard InChI is InChI=1S/C9H6ClF5N2O2/c10-6(18)5-3(1-16)4(7(11)12)2-17-8(5)19-9(13,14)15/h2,7H,1,16H2. The van der Waals surface area contributed by atoms with Crippen LogP contribution in [0.2, 0.25) is 0 Å². The molecule has 1 heterocycles. The number of carbonyl (C=O) groups is 1. The highest BCUT2D eigenvalue weighted by Gasteiger charge is 2.35. The molecule has 0 radical (unpaired) electrons. The molecular formula is C9H6ClF5N2O2. The van der Waals surface area contributed by atoms with E-state index in [0.717, 1.165) is 0 Å². The Bertz CT molecular complexity index is 492. The summed E-state index contributed by atoms with van der Waals surface area (Å²) in [4.78, 5) is 14.1. The lowest BCUT2D eigenvalue weighted by Crippen LogP contribution is -2.21. The number of nitrogens with zero attached hydrogens (tertiary/aromatic N) is 1. The van der Waals surface area contributed by atoms with Gasteiger partial charge in [0.2, 0.25) is 5.88 Å².